The van der Waals surface area contributed by atoms with Gasteiger partial charge in [0.25, 0.3) is 0 Å². The first-order valence-electron chi connectivity index (χ1n) is 5.64. The zero-order valence-electron chi connectivity index (χ0n) is 9.96. The van der Waals surface area contributed by atoms with E-state index in [9.17, 15) is 0 Å². The van der Waals surface area contributed by atoms with Crippen LogP contribution in [0.5, 0.6) is 0 Å². The number of benzene rings is 1. The summed E-state index contributed by atoms with van der Waals surface area (Å²) >= 11 is 6.00. The molecule has 0 aliphatic carbocycles. The highest BCUT2D eigenvalue weighted by molar-refractivity contribution is 6.32. The van der Waals surface area contributed by atoms with E-state index in [1.54, 1.807) is 12.1 Å². The highest BCUT2D eigenvalue weighted by atomic mass is 35.5. The molecule has 2 atom stereocenters. The Morgan fingerprint density at radius 2 is 2.35 bits per heavy atom. The van der Waals surface area contributed by atoms with Crippen LogP contribution in [-0.2, 0) is 4.74 Å². The lowest BCUT2D eigenvalue weighted by Crippen LogP contribution is -2.41. The monoisotopic (exact) mass is 250 g/mol. The van der Waals surface area contributed by atoms with Crippen LogP contribution in [-0.4, -0.2) is 18.2 Å². The van der Waals surface area contributed by atoms with Gasteiger partial charge < -0.3 is 10.1 Å². The first-order valence-corrected chi connectivity index (χ1v) is 6.02. The summed E-state index contributed by atoms with van der Waals surface area (Å²) in [6.07, 6.45) is 1.13. The second-order valence-corrected chi connectivity index (χ2v) is 5.02. The van der Waals surface area contributed by atoms with Gasteiger partial charge in [-0.15, -0.1) is 0 Å². The number of nitrogens with one attached hydrogen (secondary N) is 1. The van der Waals surface area contributed by atoms with Crippen molar-refractivity contribution in [3.8, 4) is 6.07 Å². The number of hydrogen-bond donors (Lipinski definition) is 1. The van der Waals surface area contributed by atoms with E-state index in [2.05, 4.69) is 19.2 Å². The zero-order chi connectivity index (χ0) is 12.5. The van der Waals surface area contributed by atoms with Crippen molar-refractivity contribution in [1.82, 2.24) is 0 Å². The van der Waals surface area contributed by atoms with Crippen molar-refractivity contribution in [3.63, 3.8) is 0 Å². The normalized spacial score (nSPS) is 27.8. The Morgan fingerprint density at radius 3 is 2.88 bits per heavy atom. The summed E-state index contributed by atoms with van der Waals surface area (Å²) in [5.41, 5.74) is 1.35. The Kier molecular flexibility index (Phi) is 3.28. The Bertz CT molecular complexity index is 469. The maximum atomic E-state index is 8.81. The molecule has 3 nitrogen and oxygen atoms in total. The summed E-state index contributed by atoms with van der Waals surface area (Å²) in [5.74, 6) is 0. The number of ether oxygens (including phenoxy) is 1. The standard InChI is InChI=1S/C13H15ClN2O/c1-9-13(2,5-6-17-9)16-11-4-3-10(8-15)12(14)7-11/h3-4,7,9,16H,5-6H2,1-2H3. The van der Waals surface area contributed by atoms with E-state index in [1.807, 2.05) is 12.1 Å². The summed E-state index contributed by atoms with van der Waals surface area (Å²) in [6.45, 7) is 4.97. The fourth-order valence-corrected chi connectivity index (χ4v) is 2.24. The van der Waals surface area contributed by atoms with Crippen molar-refractivity contribution in [2.75, 3.05) is 11.9 Å². The van der Waals surface area contributed by atoms with Crippen molar-refractivity contribution in [1.29, 1.82) is 5.26 Å². The van der Waals surface area contributed by atoms with E-state index in [1.165, 1.54) is 0 Å². The molecule has 2 rings (SSSR count). The number of nitriles is 1. The van der Waals surface area contributed by atoms with E-state index in [4.69, 9.17) is 21.6 Å². The van der Waals surface area contributed by atoms with Crippen LogP contribution in [0.25, 0.3) is 0 Å². The molecule has 0 aromatic heterocycles. The summed E-state index contributed by atoms with van der Waals surface area (Å²) in [5, 5.41) is 12.7. The Morgan fingerprint density at radius 1 is 1.59 bits per heavy atom. The molecule has 2 unspecified atom stereocenters. The average Bonchev–Trinajstić information content (AvgIpc) is 2.59. The summed E-state index contributed by atoms with van der Waals surface area (Å²) in [4.78, 5) is 0. The predicted molar refractivity (Wildman–Crippen MR) is 68.2 cm³/mol. The van der Waals surface area contributed by atoms with Crippen LogP contribution < -0.4 is 5.32 Å². The van der Waals surface area contributed by atoms with Crippen molar-refractivity contribution in [3.05, 3.63) is 28.8 Å². The fourth-order valence-electron chi connectivity index (χ4n) is 2.01. The first-order chi connectivity index (χ1) is 8.05. The Balaban J connectivity index is 2.20. The van der Waals surface area contributed by atoms with Gasteiger partial charge in [-0.3, -0.25) is 0 Å². The van der Waals surface area contributed by atoms with Gasteiger partial charge in [-0.2, -0.15) is 5.26 Å². The lowest BCUT2D eigenvalue weighted by molar-refractivity contribution is 0.105. The van der Waals surface area contributed by atoms with Crippen molar-refractivity contribution in [2.45, 2.75) is 31.9 Å². The van der Waals surface area contributed by atoms with Gasteiger partial charge in [-0.05, 0) is 38.5 Å². The molecule has 0 spiro atoms. The second-order valence-electron chi connectivity index (χ2n) is 4.61. The second kappa shape index (κ2) is 4.56. The molecule has 90 valence electrons. The topological polar surface area (TPSA) is 45.0 Å². The van der Waals surface area contributed by atoms with Crippen LogP contribution in [0.2, 0.25) is 5.02 Å². The zero-order valence-corrected chi connectivity index (χ0v) is 10.7. The molecule has 0 amide bonds. The van der Waals surface area contributed by atoms with Crippen molar-refractivity contribution < 1.29 is 4.74 Å². The predicted octanol–water partition coefficient (Wildman–Crippen LogP) is 3.19. The lowest BCUT2D eigenvalue weighted by atomic mass is 9.94. The van der Waals surface area contributed by atoms with Gasteiger partial charge in [0, 0.05) is 12.3 Å². The molecule has 4 heteroatoms. The minimum Gasteiger partial charge on any atom is -0.377 e. The van der Waals surface area contributed by atoms with Crippen LogP contribution in [0.4, 0.5) is 5.69 Å². The minimum absolute atomic E-state index is 0.0719. The molecule has 1 aliphatic rings. The molecular formula is C13H15ClN2O. The molecule has 0 radical (unpaired) electrons. The third-order valence-corrected chi connectivity index (χ3v) is 3.72. The van der Waals surface area contributed by atoms with Gasteiger partial charge in [-0.1, -0.05) is 11.6 Å². The van der Waals surface area contributed by atoms with E-state index in [0.29, 0.717) is 10.6 Å². The number of hydrogen-bond acceptors (Lipinski definition) is 3. The maximum absolute atomic E-state index is 8.81. The van der Waals surface area contributed by atoms with E-state index in [0.717, 1.165) is 18.7 Å². The number of anilines is 1. The number of nitrogens with zero attached hydrogens (tertiary/aromatic N) is 1. The molecule has 0 saturated carbocycles. The van der Waals surface area contributed by atoms with Gasteiger partial charge in [0.05, 0.1) is 22.2 Å². The smallest absolute Gasteiger partial charge is 0.101 e. The highest BCUT2D eigenvalue weighted by Gasteiger charge is 2.36. The van der Waals surface area contributed by atoms with Gasteiger partial charge in [0.15, 0.2) is 0 Å². The summed E-state index contributed by atoms with van der Waals surface area (Å²) in [7, 11) is 0. The Labute approximate surface area is 106 Å². The van der Waals surface area contributed by atoms with Gasteiger partial charge in [0.2, 0.25) is 0 Å². The molecule has 0 bridgehead atoms. The highest BCUT2D eigenvalue weighted by Crippen LogP contribution is 2.30. The largest absolute Gasteiger partial charge is 0.377 e. The first kappa shape index (κ1) is 12.2. The van der Waals surface area contributed by atoms with Crippen molar-refractivity contribution in [2.24, 2.45) is 0 Å². The molecule has 17 heavy (non-hydrogen) atoms. The molecule has 1 fully saturated rings. The minimum atomic E-state index is -0.0719. The van der Waals surface area contributed by atoms with E-state index < -0.39 is 0 Å². The third-order valence-electron chi connectivity index (χ3n) is 3.41. The van der Waals surface area contributed by atoms with Crippen LogP contribution in [0.1, 0.15) is 25.8 Å². The van der Waals surface area contributed by atoms with Crippen LogP contribution in [0.15, 0.2) is 18.2 Å². The molecule has 1 aromatic rings. The number of rotatable bonds is 2. The molecule has 1 N–H and O–H groups in total. The van der Waals surface area contributed by atoms with Crippen LogP contribution >= 0.6 is 11.6 Å². The molecule has 1 heterocycles. The molecule has 1 aromatic carbocycles. The number of halogens is 1. The fraction of sp³-hybridized carbons (Fsp3) is 0.462. The van der Waals surface area contributed by atoms with Gasteiger partial charge in [-0.25, -0.2) is 0 Å². The van der Waals surface area contributed by atoms with E-state index >= 15 is 0 Å². The Hall–Kier alpha value is -1.24. The van der Waals surface area contributed by atoms with E-state index in [-0.39, 0.29) is 11.6 Å². The quantitative estimate of drug-likeness (QED) is 0.877. The summed E-state index contributed by atoms with van der Waals surface area (Å²) in [6, 6.07) is 7.44. The molecule has 1 aliphatic heterocycles. The SMILES string of the molecule is CC1OCCC1(C)Nc1ccc(C#N)c(Cl)c1. The maximum Gasteiger partial charge on any atom is 0.101 e. The average molecular weight is 251 g/mol. The summed E-state index contributed by atoms with van der Waals surface area (Å²) < 4.78 is 5.57. The van der Waals surface area contributed by atoms with Crippen molar-refractivity contribution >= 4 is 17.3 Å². The van der Waals surface area contributed by atoms with Gasteiger partial charge >= 0.3 is 0 Å². The third kappa shape index (κ3) is 2.38. The van der Waals surface area contributed by atoms with Crippen LogP contribution in [0, 0.1) is 11.3 Å². The van der Waals surface area contributed by atoms with Gasteiger partial charge in [0.1, 0.15) is 6.07 Å². The molecule has 1 saturated heterocycles. The van der Waals surface area contributed by atoms with Crippen LogP contribution in [0.3, 0.4) is 0 Å². The lowest BCUT2D eigenvalue weighted by Gasteiger charge is -2.30. The molecular weight excluding hydrogens is 236 g/mol.